The van der Waals surface area contributed by atoms with Gasteiger partial charge in [-0.25, -0.2) is 24.4 Å². The number of piperidine rings is 2. The quantitative estimate of drug-likeness (QED) is 0.225. The van der Waals surface area contributed by atoms with E-state index in [1.165, 1.54) is 17.4 Å². The SMILES string of the molecule is Nc1ncnc2c1c(-c1ccc(Oc3ccccc3)cc1)nn2[C@@H]1CCCN(C(=O)c2cnc(N3CCC(CN4CCN(C(=O)O)CC4)CC3)o2)C1. The van der Waals surface area contributed by atoms with Gasteiger partial charge in [0.25, 0.3) is 11.9 Å². The summed E-state index contributed by atoms with van der Waals surface area (Å²) in [6, 6.07) is 17.6. The lowest BCUT2D eigenvalue weighted by atomic mass is 9.96. The number of hydrogen-bond acceptors (Lipinski definition) is 11. The minimum absolute atomic E-state index is 0.127. The van der Waals surface area contributed by atoms with Crippen molar-refractivity contribution in [2.24, 2.45) is 5.92 Å². The molecule has 3 aliphatic rings. The van der Waals surface area contributed by atoms with Crippen LogP contribution in [0.1, 0.15) is 42.3 Å². The Morgan fingerprint density at radius 3 is 2.37 bits per heavy atom. The van der Waals surface area contributed by atoms with Crippen LogP contribution < -0.4 is 15.4 Å². The highest BCUT2D eigenvalue weighted by Gasteiger charge is 2.32. The summed E-state index contributed by atoms with van der Waals surface area (Å²) < 4.78 is 13.9. The first-order chi connectivity index (χ1) is 25.4. The topological polar surface area (TPSA) is 172 Å². The highest BCUT2D eigenvalue weighted by Crippen LogP contribution is 2.35. The molecular formula is C37H42N10O5. The number of rotatable bonds is 8. The van der Waals surface area contributed by atoms with Crippen LogP contribution in [-0.4, -0.2) is 115 Å². The Hall–Kier alpha value is -5.70. The van der Waals surface area contributed by atoms with Gasteiger partial charge in [-0.05, 0) is 68.0 Å². The van der Waals surface area contributed by atoms with Gasteiger partial charge >= 0.3 is 6.09 Å². The van der Waals surface area contributed by atoms with Gasteiger partial charge in [0.1, 0.15) is 29.3 Å². The van der Waals surface area contributed by atoms with Gasteiger partial charge in [0, 0.05) is 64.5 Å². The van der Waals surface area contributed by atoms with Gasteiger partial charge in [-0.2, -0.15) is 5.10 Å². The van der Waals surface area contributed by atoms with Crippen LogP contribution >= 0.6 is 0 Å². The van der Waals surface area contributed by atoms with Crippen molar-refractivity contribution in [3.63, 3.8) is 0 Å². The number of likely N-dealkylation sites (tertiary alicyclic amines) is 1. The maximum absolute atomic E-state index is 13.8. The molecule has 3 fully saturated rings. The molecule has 270 valence electrons. The summed E-state index contributed by atoms with van der Waals surface area (Å²) in [7, 11) is 0. The average Bonchev–Trinajstić information content (AvgIpc) is 3.83. The summed E-state index contributed by atoms with van der Waals surface area (Å²) in [4.78, 5) is 46.1. The summed E-state index contributed by atoms with van der Waals surface area (Å²) in [6.45, 7) is 6.25. The van der Waals surface area contributed by atoms with E-state index in [2.05, 4.69) is 24.8 Å². The zero-order chi connectivity index (χ0) is 35.6. The molecule has 0 saturated carbocycles. The fraction of sp³-hybridized carbons (Fsp3) is 0.405. The Morgan fingerprint density at radius 1 is 0.865 bits per heavy atom. The van der Waals surface area contributed by atoms with Gasteiger partial charge < -0.3 is 34.7 Å². The first kappa shape index (κ1) is 33.4. The van der Waals surface area contributed by atoms with Crippen LogP contribution in [0.15, 0.2) is 71.5 Å². The van der Waals surface area contributed by atoms with Gasteiger partial charge in [0.05, 0.1) is 17.6 Å². The monoisotopic (exact) mass is 706 g/mol. The molecule has 0 aliphatic carbocycles. The number of amides is 2. The van der Waals surface area contributed by atoms with E-state index in [9.17, 15) is 14.7 Å². The summed E-state index contributed by atoms with van der Waals surface area (Å²) in [5.74, 6) is 2.36. The van der Waals surface area contributed by atoms with Crippen LogP contribution in [-0.2, 0) is 0 Å². The van der Waals surface area contributed by atoms with E-state index in [1.807, 2.05) is 64.2 Å². The van der Waals surface area contributed by atoms with Gasteiger partial charge in [-0.15, -0.1) is 0 Å². The molecule has 52 heavy (non-hydrogen) atoms. The number of carboxylic acid groups (broad SMARTS) is 1. The van der Waals surface area contributed by atoms with Crippen molar-refractivity contribution in [3.8, 4) is 22.8 Å². The number of nitrogens with zero attached hydrogens (tertiary/aromatic N) is 9. The van der Waals surface area contributed by atoms with Crippen LogP contribution in [0, 0.1) is 5.92 Å². The summed E-state index contributed by atoms with van der Waals surface area (Å²) in [6.07, 6.45) is 5.72. The van der Waals surface area contributed by atoms with Crippen LogP contribution in [0.25, 0.3) is 22.3 Å². The third-order valence-corrected chi connectivity index (χ3v) is 10.4. The number of benzene rings is 2. The van der Waals surface area contributed by atoms with Crippen molar-refractivity contribution < 1.29 is 23.8 Å². The molecule has 15 heteroatoms. The smallest absolute Gasteiger partial charge is 0.407 e. The molecule has 0 spiro atoms. The minimum Gasteiger partial charge on any atom is -0.465 e. The van der Waals surface area contributed by atoms with Crippen molar-refractivity contribution in [2.75, 3.05) is 69.5 Å². The number of oxazole rings is 1. The van der Waals surface area contributed by atoms with Crippen molar-refractivity contribution in [2.45, 2.75) is 31.7 Å². The Morgan fingerprint density at radius 2 is 1.62 bits per heavy atom. The molecule has 15 nitrogen and oxygen atoms in total. The van der Waals surface area contributed by atoms with E-state index in [4.69, 9.17) is 20.0 Å². The number of piperazine rings is 1. The number of hydrogen-bond donors (Lipinski definition) is 2. The molecule has 5 aromatic rings. The van der Waals surface area contributed by atoms with E-state index in [0.717, 1.165) is 69.7 Å². The number of anilines is 2. The number of para-hydroxylation sites is 1. The molecule has 6 heterocycles. The molecule has 1 atom stereocenters. The van der Waals surface area contributed by atoms with E-state index in [0.29, 0.717) is 66.4 Å². The second-order valence-corrected chi connectivity index (χ2v) is 13.7. The van der Waals surface area contributed by atoms with Crippen molar-refractivity contribution in [3.05, 3.63) is 72.9 Å². The summed E-state index contributed by atoms with van der Waals surface area (Å²) in [5.41, 5.74) is 8.56. The largest absolute Gasteiger partial charge is 0.465 e. The zero-order valence-electron chi connectivity index (χ0n) is 28.9. The lowest BCUT2D eigenvalue weighted by Crippen LogP contribution is -2.50. The molecule has 0 bridgehead atoms. The van der Waals surface area contributed by atoms with Crippen molar-refractivity contribution in [1.82, 2.24) is 39.4 Å². The first-order valence-electron chi connectivity index (χ1n) is 17.9. The molecule has 2 amide bonds. The van der Waals surface area contributed by atoms with Gasteiger partial charge in [0.15, 0.2) is 5.65 Å². The number of fused-ring (bicyclic) bond motifs is 1. The zero-order valence-corrected chi connectivity index (χ0v) is 28.9. The maximum atomic E-state index is 13.8. The third kappa shape index (κ3) is 6.95. The second kappa shape index (κ2) is 14.5. The van der Waals surface area contributed by atoms with E-state index < -0.39 is 6.09 Å². The molecule has 2 aromatic carbocycles. The van der Waals surface area contributed by atoms with E-state index in [-0.39, 0.29) is 17.7 Å². The number of aromatic nitrogens is 5. The van der Waals surface area contributed by atoms with E-state index in [1.54, 1.807) is 0 Å². The Balaban J connectivity index is 0.916. The van der Waals surface area contributed by atoms with Crippen LogP contribution in [0.2, 0.25) is 0 Å². The number of carbonyl (C=O) groups excluding carboxylic acids is 1. The third-order valence-electron chi connectivity index (χ3n) is 10.4. The van der Waals surface area contributed by atoms with Crippen molar-refractivity contribution >= 4 is 34.9 Å². The predicted molar refractivity (Wildman–Crippen MR) is 193 cm³/mol. The van der Waals surface area contributed by atoms with Crippen LogP contribution in [0.3, 0.4) is 0 Å². The molecule has 3 saturated heterocycles. The molecular weight excluding hydrogens is 664 g/mol. The second-order valence-electron chi connectivity index (χ2n) is 13.7. The fourth-order valence-electron chi connectivity index (χ4n) is 7.56. The molecule has 3 N–H and O–H groups in total. The standard InChI is InChI=1S/C37H42N10O5/c38-33-31-32(26-8-10-29(11-9-26)51-28-6-2-1-3-7-28)42-47(34(31)41-24-40-33)27-5-4-14-46(23-27)35(48)30-21-39-36(52-30)44-15-12-25(13-16-44)22-43-17-19-45(20-18-43)37(49)50/h1-3,6-11,21,24-25,27H,4-5,12-20,22-23H2,(H,49,50)(H2,38,40,41)/t27-/m1/s1. The van der Waals surface area contributed by atoms with Crippen molar-refractivity contribution in [1.29, 1.82) is 0 Å². The molecule has 0 radical (unpaired) electrons. The molecule has 8 rings (SSSR count). The highest BCUT2D eigenvalue weighted by atomic mass is 16.5. The molecule has 0 unspecified atom stereocenters. The van der Waals surface area contributed by atoms with E-state index >= 15 is 0 Å². The van der Waals surface area contributed by atoms with Gasteiger partial charge in [-0.3, -0.25) is 9.69 Å². The first-order valence-corrected chi connectivity index (χ1v) is 17.9. The van der Waals surface area contributed by atoms with Gasteiger partial charge in [-0.1, -0.05) is 18.2 Å². The van der Waals surface area contributed by atoms with Crippen LogP contribution in [0.5, 0.6) is 11.5 Å². The number of nitrogens with two attached hydrogens (primary N) is 1. The molecule has 3 aromatic heterocycles. The minimum atomic E-state index is -0.841. The molecule has 3 aliphatic heterocycles. The Labute approximate surface area is 300 Å². The lowest BCUT2D eigenvalue weighted by molar-refractivity contribution is 0.0643. The number of ether oxygens (including phenoxy) is 1. The Bertz CT molecular complexity index is 2020. The lowest BCUT2D eigenvalue weighted by Gasteiger charge is -2.37. The number of nitrogen functional groups attached to an aromatic ring is 1. The Kier molecular flexibility index (Phi) is 9.33. The normalized spacial score (nSPS) is 18.9. The van der Waals surface area contributed by atoms with Crippen LogP contribution in [0.4, 0.5) is 16.6 Å². The fourth-order valence-corrected chi connectivity index (χ4v) is 7.56. The average molecular weight is 707 g/mol. The van der Waals surface area contributed by atoms with Gasteiger partial charge in [0.2, 0.25) is 5.76 Å². The summed E-state index contributed by atoms with van der Waals surface area (Å²) >= 11 is 0. The number of carbonyl (C=O) groups is 2. The maximum Gasteiger partial charge on any atom is 0.407 e. The predicted octanol–water partition coefficient (Wildman–Crippen LogP) is 4.85. The highest BCUT2D eigenvalue weighted by molar-refractivity contribution is 5.98. The summed E-state index contributed by atoms with van der Waals surface area (Å²) in [5, 5.41) is 14.9.